The topological polar surface area (TPSA) is 0 Å². The second-order valence-corrected chi connectivity index (χ2v) is 5.02. The molecular weight excluding hydrogens is 160 g/mol. The smallest absolute Gasteiger partial charge is 0.0217 e. The summed E-state index contributed by atoms with van der Waals surface area (Å²) in [6.45, 7) is 6.57. The van der Waals surface area contributed by atoms with Crippen LogP contribution >= 0.6 is 21.6 Å². The van der Waals surface area contributed by atoms with Crippen molar-refractivity contribution in [2.24, 2.45) is 0 Å². The van der Waals surface area contributed by atoms with E-state index in [0.29, 0.717) is 0 Å². The van der Waals surface area contributed by atoms with Crippen LogP contribution in [0.3, 0.4) is 0 Å². The molecule has 1 atom stereocenters. The van der Waals surface area contributed by atoms with E-state index in [1.807, 2.05) is 21.6 Å². The van der Waals surface area contributed by atoms with Crippen molar-refractivity contribution >= 4 is 21.6 Å². The maximum Gasteiger partial charge on any atom is 0.0217 e. The third-order valence-corrected chi connectivity index (χ3v) is 4.14. The largest absolute Gasteiger partial charge is 0.0908 e. The van der Waals surface area contributed by atoms with E-state index in [2.05, 4.69) is 32.9 Å². The highest BCUT2D eigenvalue weighted by atomic mass is 33.1. The van der Waals surface area contributed by atoms with Gasteiger partial charge < -0.3 is 0 Å². The second kappa shape index (κ2) is 7.55. The lowest BCUT2D eigenvalue weighted by atomic mass is 10.4. The van der Waals surface area contributed by atoms with Crippen LogP contribution in [0, 0.1) is 0 Å². The SMILES string of the molecule is C/C=C\CSSC(C)CC. The summed E-state index contributed by atoms with van der Waals surface area (Å²) < 4.78 is 0. The Kier molecular flexibility index (Phi) is 7.88. The lowest BCUT2D eigenvalue weighted by Crippen LogP contribution is -1.88. The zero-order valence-electron chi connectivity index (χ0n) is 6.96. The van der Waals surface area contributed by atoms with Crippen LogP contribution in [0.15, 0.2) is 12.2 Å². The lowest BCUT2D eigenvalue weighted by molar-refractivity contribution is 0.912. The van der Waals surface area contributed by atoms with Crippen LogP contribution in [-0.2, 0) is 0 Å². The van der Waals surface area contributed by atoms with Gasteiger partial charge in [-0.05, 0) is 13.3 Å². The van der Waals surface area contributed by atoms with Crippen LogP contribution in [0.25, 0.3) is 0 Å². The molecule has 0 fully saturated rings. The van der Waals surface area contributed by atoms with Crippen LogP contribution in [0.1, 0.15) is 27.2 Å². The molecule has 0 aliphatic heterocycles. The third-order valence-electron chi connectivity index (χ3n) is 1.21. The third kappa shape index (κ3) is 6.56. The molecule has 60 valence electrons. The van der Waals surface area contributed by atoms with Gasteiger partial charge >= 0.3 is 0 Å². The minimum absolute atomic E-state index is 0.801. The van der Waals surface area contributed by atoms with Crippen molar-refractivity contribution in [2.75, 3.05) is 5.75 Å². The maximum absolute atomic E-state index is 2.27. The Hall–Kier alpha value is 0.440. The maximum atomic E-state index is 2.27. The first-order valence-corrected chi connectivity index (χ1v) is 6.08. The van der Waals surface area contributed by atoms with Crippen LogP contribution in [0.5, 0.6) is 0 Å². The molecule has 2 heteroatoms. The zero-order chi connectivity index (χ0) is 7.82. The normalized spacial score (nSPS) is 14.3. The van der Waals surface area contributed by atoms with Crippen molar-refractivity contribution in [3.05, 3.63) is 12.2 Å². The highest BCUT2D eigenvalue weighted by molar-refractivity contribution is 8.77. The molecule has 0 aliphatic rings. The van der Waals surface area contributed by atoms with Crippen molar-refractivity contribution in [3.63, 3.8) is 0 Å². The van der Waals surface area contributed by atoms with E-state index in [0.717, 1.165) is 11.0 Å². The van der Waals surface area contributed by atoms with Gasteiger partial charge in [-0.25, -0.2) is 0 Å². The van der Waals surface area contributed by atoms with Crippen molar-refractivity contribution in [1.82, 2.24) is 0 Å². The molecular formula is C8H16S2. The predicted octanol–water partition coefficient (Wildman–Crippen LogP) is 3.74. The van der Waals surface area contributed by atoms with Gasteiger partial charge in [0.2, 0.25) is 0 Å². The Balaban J connectivity index is 3.03. The molecule has 0 spiro atoms. The second-order valence-electron chi connectivity index (χ2n) is 2.17. The molecule has 0 N–H and O–H groups in total. The highest BCUT2D eigenvalue weighted by Crippen LogP contribution is 2.27. The van der Waals surface area contributed by atoms with Gasteiger partial charge in [-0.3, -0.25) is 0 Å². The molecule has 0 saturated heterocycles. The summed E-state index contributed by atoms with van der Waals surface area (Å²) in [7, 11) is 3.92. The first-order chi connectivity index (χ1) is 4.81. The predicted molar refractivity (Wildman–Crippen MR) is 54.6 cm³/mol. The Morgan fingerprint density at radius 1 is 1.50 bits per heavy atom. The molecule has 0 bridgehead atoms. The van der Waals surface area contributed by atoms with E-state index >= 15 is 0 Å². The molecule has 0 aromatic carbocycles. The van der Waals surface area contributed by atoms with Gasteiger partial charge in [0.25, 0.3) is 0 Å². The standard InChI is InChI=1S/C8H16S2/c1-4-6-7-9-10-8(3)5-2/h4,6,8H,5,7H2,1-3H3/b6-4-. The molecule has 0 heterocycles. The minimum atomic E-state index is 0.801. The van der Waals surface area contributed by atoms with Gasteiger partial charge in [-0.15, -0.1) is 0 Å². The van der Waals surface area contributed by atoms with Crippen molar-refractivity contribution in [1.29, 1.82) is 0 Å². The number of hydrogen-bond acceptors (Lipinski definition) is 2. The molecule has 0 amide bonds. The van der Waals surface area contributed by atoms with E-state index in [9.17, 15) is 0 Å². The fraction of sp³-hybridized carbons (Fsp3) is 0.750. The first-order valence-electron chi connectivity index (χ1n) is 3.70. The Morgan fingerprint density at radius 2 is 2.20 bits per heavy atom. The van der Waals surface area contributed by atoms with Crippen LogP contribution in [0.4, 0.5) is 0 Å². The van der Waals surface area contributed by atoms with Crippen LogP contribution < -0.4 is 0 Å². The summed E-state index contributed by atoms with van der Waals surface area (Å²) in [6.07, 6.45) is 5.57. The Labute approximate surface area is 72.3 Å². The highest BCUT2D eigenvalue weighted by Gasteiger charge is 1.96. The molecule has 0 rings (SSSR count). The molecule has 0 aromatic heterocycles. The minimum Gasteiger partial charge on any atom is -0.0908 e. The van der Waals surface area contributed by atoms with Crippen LogP contribution in [-0.4, -0.2) is 11.0 Å². The zero-order valence-corrected chi connectivity index (χ0v) is 8.60. The average Bonchev–Trinajstić information content (AvgIpc) is 1.98. The summed E-state index contributed by atoms with van der Waals surface area (Å²) in [5, 5.41) is 0.801. The summed E-state index contributed by atoms with van der Waals surface area (Å²) in [5.74, 6) is 1.14. The number of hydrogen-bond donors (Lipinski definition) is 0. The lowest BCUT2D eigenvalue weighted by Gasteiger charge is -2.04. The van der Waals surface area contributed by atoms with Crippen molar-refractivity contribution < 1.29 is 0 Å². The monoisotopic (exact) mass is 176 g/mol. The number of allylic oxidation sites excluding steroid dienone is 1. The summed E-state index contributed by atoms with van der Waals surface area (Å²) in [6, 6.07) is 0. The fourth-order valence-electron chi connectivity index (χ4n) is 0.359. The van der Waals surface area contributed by atoms with E-state index in [1.54, 1.807) is 0 Å². The van der Waals surface area contributed by atoms with Gasteiger partial charge in [-0.2, -0.15) is 0 Å². The molecule has 0 nitrogen and oxygen atoms in total. The Bertz CT molecular complexity index is 89.3. The van der Waals surface area contributed by atoms with Gasteiger partial charge in [0.1, 0.15) is 0 Å². The molecule has 0 saturated carbocycles. The van der Waals surface area contributed by atoms with Crippen molar-refractivity contribution in [3.8, 4) is 0 Å². The summed E-state index contributed by atoms with van der Waals surface area (Å²) >= 11 is 0. The van der Waals surface area contributed by atoms with Gasteiger partial charge in [0.05, 0.1) is 0 Å². The Morgan fingerprint density at radius 3 is 2.70 bits per heavy atom. The van der Waals surface area contributed by atoms with Crippen molar-refractivity contribution in [2.45, 2.75) is 32.4 Å². The fourth-order valence-corrected chi connectivity index (χ4v) is 2.65. The average molecular weight is 176 g/mol. The first kappa shape index (κ1) is 10.4. The molecule has 10 heavy (non-hydrogen) atoms. The van der Waals surface area contributed by atoms with E-state index in [4.69, 9.17) is 0 Å². The van der Waals surface area contributed by atoms with E-state index < -0.39 is 0 Å². The van der Waals surface area contributed by atoms with E-state index in [1.165, 1.54) is 6.42 Å². The quantitative estimate of drug-likeness (QED) is 0.355. The van der Waals surface area contributed by atoms with Crippen LogP contribution in [0.2, 0.25) is 0 Å². The van der Waals surface area contributed by atoms with Gasteiger partial charge in [0.15, 0.2) is 0 Å². The molecule has 0 aromatic rings. The van der Waals surface area contributed by atoms with E-state index in [-0.39, 0.29) is 0 Å². The van der Waals surface area contributed by atoms with Gasteiger partial charge in [0, 0.05) is 11.0 Å². The summed E-state index contributed by atoms with van der Waals surface area (Å²) in [4.78, 5) is 0. The van der Waals surface area contributed by atoms with Gasteiger partial charge in [-0.1, -0.05) is 47.6 Å². The number of rotatable bonds is 5. The summed E-state index contributed by atoms with van der Waals surface area (Å²) in [5.41, 5.74) is 0. The molecule has 1 unspecified atom stereocenters. The molecule has 0 aliphatic carbocycles. The molecule has 0 radical (unpaired) electrons.